The van der Waals surface area contributed by atoms with Crippen LogP contribution in [0.4, 0.5) is 0 Å². The highest BCUT2D eigenvalue weighted by Crippen LogP contribution is 2.34. The second kappa shape index (κ2) is 5.01. The Labute approximate surface area is 113 Å². The number of hydrogen-bond acceptors (Lipinski definition) is 6. The van der Waals surface area contributed by atoms with Crippen LogP contribution in [0.5, 0.6) is 0 Å². The van der Waals surface area contributed by atoms with Gasteiger partial charge in [0.05, 0.1) is 19.0 Å². The van der Waals surface area contributed by atoms with Crippen LogP contribution in [0, 0.1) is 5.92 Å². The summed E-state index contributed by atoms with van der Waals surface area (Å²) in [4.78, 5) is 12.2. The van der Waals surface area contributed by atoms with Gasteiger partial charge in [0.1, 0.15) is 18.1 Å². The first-order valence-corrected chi connectivity index (χ1v) is 6.32. The fraction of sp³-hybridized carbons (Fsp3) is 0.545. The summed E-state index contributed by atoms with van der Waals surface area (Å²) in [6.07, 6.45) is 2.86. The fourth-order valence-corrected chi connectivity index (χ4v) is 2.55. The standard InChI is InChI=1S/C11H13ClN4O3/c12-10-9-11(14-4-13-10)16(5-15-9)8-1-6(2-17)7(3-18)19-8/h4-8,17-18H,1-3H2/t6-,7-,8-/m1/s1. The van der Waals surface area contributed by atoms with Crippen LogP contribution in [-0.2, 0) is 4.74 Å². The van der Waals surface area contributed by atoms with Gasteiger partial charge in [0, 0.05) is 18.9 Å². The lowest BCUT2D eigenvalue weighted by Gasteiger charge is -2.14. The van der Waals surface area contributed by atoms with Gasteiger partial charge in [-0.05, 0) is 0 Å². The van der Waals surface area contributed by atoms with Crippen LogP contribution in [0.1, 0.15) is 12.6 Å². The summed E-state index contributed by atoms with van der Waals surface area (Å²) in [5, 5.41) is 18.8. The Morgan fingerprint density at radius 2 is 2.16 bits per heavy atom. The third kappa shape index (κ3) is 2.08. The molecule has 1 saturated heterocycles. The Morgan fingerprint density at radius 1 is 1.32 bits per heavy atom. The van der Waals surface area contributed by atoms with Crippen LogP contribution in [0.2, 0.25) is 5.15 Å². The zero-order chi connectivity index (χ0) is 13.4. The molecular weight excluding hydrogens is 272 g/mol. The van der Waals surface area contributed by atoms with E-state index in [1.807, 2.05) is 0 Å². The first-order chi connectivity index (χ1) is 9.24. The van der Waals surface area contributed by atoms with Crippen molar-refractivity contribution < 1.29 is 14.9 Å². The maximum absolute atomic E-state index is 9.28. The highest BCUT2D eigenvalue weighted by Gasteiger charge is 2.36. The molecule has 2 aromatic rings. The summed E-state index contributed by atoms with van der Waals surface area (Å²) in [5.74, 6) is -0.0928. The molecule has 2 aromatic heterocycles. The van der Waals surface area contributed by atoms with E-state index >= 15 is 0 Å². The number of imidazole rings is 1. The number of halogens is 1. The predicted octanol–water partition coefficient (Wildman–Crippen LogP) is 0.368. The Balaban J connectivity index is 1.95. The molecule has 1 fully saturated rings. The molecule has 0 radical (unpaired) electrons. The van der Waals surface area contributed by atoms with Crippen LogP contribution in [0.25, 0.3) is 11.2 Å². The molecule has 8 heteroatoms. The molecule has 102 valence electrons. The third-order valence-corrected chi connectivity index (χ3v) is 3.68. The SMILES string of the molecule is OC[C@H]1C[C@H](n2cnc3c(Cl)ncnc32)O[C@@H]1CO. The van der Waals surface area contributed by atoms with E-state index in [-0.39, 0.29) is 31.5 Å². The van der Waals surface area contributed by atoms with E-state index < -0.39 is 0 Å². The summed E-state index contributed by atoms with van der Waals surface area (Å²) in [7, 11) is 0. The average molecular weight is 285 g/mol. The van der Waals surface area contributed by atoms with Crippen molar-refractivity contribution in [1.29, 1.82) is 0 Å². The molecule has 1 aliphatic rings. The molecule has 3 heterocycles. The van der Waals surface area contributed by atoms with Gasteiger partial charge in [-0.1, -0.05) is 11.6 Å². The van der Waals surface area contributed by atoms with Gasteiger partial charge in [-0.25, -0.2) is 15.0 Å². The highest BCUT2D eigenvalue weighted by molar-refractivity contribution is 6.33. The Bertz CT molecular complexity index is 578. The van der Waals surface area contributed by atoms with Crippen molar-refractivity contribution in [3.8, 4) is 0 Å². The second-order valence-electron chi connectivity index (χ2n) is 4.48. The second-order valence-corrected chi connectivity index (χ2v) is 4.84. The smallest absolute Gasteiger partial charge is 0.166 e. The summed E-state index contributed by atoms with van der Waals surface area (Å²) in [6.45, 7) is -0.145. The van der Waals surface area contributed by atoms with Crippen LogP contribution in [-0.4, -0.2) is 49.0 Å². The van der Waals surface area contributed by atoms with Crippen molar-refractivity contribution in [1.82, 2.24) is 19.5 Å². The zero-order valence-electron chi connectivity index (χ0n) is 9.98. The van der Waals surface area contributed by atoms with Gasteiger partial charge in [-0.15, -0.1) is 0 Å². The normalized spacial score (nSPS) is 27.2. The van der Waals surface area contributed by atoms with Crippen molar-refractivity contribution in [3.63, 3.8) is 0 Å². The Kier molecular flexibility index (Phi) is 3.36. The number of ether oxygens (including phenoxy) is 1. The summed E-state index contributed by atoms with van der Waals surface area (Å²) < 4.78 is 7.47. The summed E-state index contributed by atoms with van der Waals surface area (Å²) >= 11 is 5.94. The average Bonchev–Trinajstić information content (AvgIpc) is 3.02. The van der Waals surface area contributed by atoms with E-state index in [9.17, 15) is 10.2 Å². The first-order valence-electron chi connectivity index (χ1n) is 5.94. The molecule has 19 heavy (non-hydrogen) atoms. The van der Waals surface area contributed by atoms with E-state index in [0.29, 0.717) is 22.7 Å². The highest BCUT2D eigenvalue weighted by atomic mass is 35.5. The molecule has 0 spiro atoms. The van der Waals surface area contributed by atoms with Crippen molar-refractivity contribution in [2.75, 3.05) is 13.2 Å². The van der Waals surface area contributed by atoms with Gasteiger partial charge in [0.2, 0.25) is 0 Å². The number of rotatable bonds is 3. The number of aliphatic hydroxyl groups excluding tert-OH is 2. The lowest BCUT2D eigenvalue weighted by atomic mass is 10.0. The first kappa shape index (κ1) is 12.7. The predicted molar refractivity (Wildman–Crippen MR) is 66.5 cm³/mol. The monoisotopic (exact) mass is 284 g/mol. The minimum absolute atomic E-state index is 0.0237. The minimum atomic E-state index is -0.371. The Hall–Kier alpha value is -1.28. The lowest BCUT2D eigenvalue weighted by molar-refractivity contribution is -0.0334. The molecule has 1 aliphatic heterocycles. The quantitative estimate of drug-likeness (QED) is 0.791. The van der Waals surface area contributed by atoms with Crippen molar-refractivity contribution >= 4 is 22.8 Å². The maximum atomic E-state index is 9.28. The number of aromatic nitrogens is 4. The molecule has 0 amide bonds. The van der Waals surface area contributed by atoms with E-state index in [2.05, 4.69) is 15.0 Å². The van der Waals surface area contributed by atoms with Gasteiger partial charge >= 0.3 is 0 Å². The molecule has 3 rings (SSSR count). The van der Waals surface area contributed by atoms with E-state index in [0.717, 1.165) is 0 Å². The molecule has 0 unspecified atom stereocenters. The third-order valence-electron chi connectivity index (χ3n) is 3.40. The van der Waals surface area contributed by atoms with E-state index in [4.69, 9.17) is 16.3 Å². The van der Waals surface area contributed by atoms with Gasteiger partial charge < -0.3 is 14.9 Å². The molecule has 3 atom stereocenters. The molecule has 0 aliphatic carbocycles. The molecule has 2 N–H and O–H groups in total. The fourth-order valence-electron chi connectivity index (χ4n) is 2.38. The lowest BCUT2D eigenvalue weighted by Crippen LogP contribution is -2.23. The number of hydrogen-bond donors (Lipinski definition) is 2. The van der Waals surface area contributed by atoms with Gasteiger partial charge in [-0.2, -0.15) is 0 Å². The number of aliphatic hydroxyl groups is 2. The summed E-state index contributed by atoms with van der Waals surface area (Å²) in [6, 6.07) is 0. The van der Waals surface area contributed by atoms with Crippen LogP contribution >= 0.6 is 11.6 Å². The molecule has 0 bridgehead atoms. The van der Waals surface area contributed by atoms with Crippen molar-refractivity contribution in [2.45, 2.75) is 18.8 Å². The van der Waals surface area contributed by atoms with Crippen LogP contribution in [0.15, 0.2) is 12.7 Å². The molecule has 0 aromatic carbocycles. The molecular formula is C11H13ClN4O3. The Morgan fingerprint density at radius 3 is 2.84 bits per heavy atom. The topological polar surface area (TPSA) is 93.3 Å². The van der Waals surface area contributed by atoms with Crippen molar-refractivity contribution in [3.05, 3.63) is 17.8 Å². The van der Waals surface area contributed by atoms with Crippen molar-refractivity contribution in [2.24, 2.45) is 5.92 Å². The zero-order valence-corrected chi connectivity index (χ0v) is 10.7. The maximum Gasteiger partial charge on any atom is 0.166 e. The minimum Gasteiger partial charge on any atom is -0.396 e. The van der Waals surface area contributed by atoms with Gasteiger partial charge in [0.15, 0.2) is 10.8 Å². The number of fused-ring (bicyclic) bond motifs is 1. The van der Waals surface area contributed by atoms with Crippen LogP contribution < -0.4 is 0 Å². The van der Waals surface area contributed by atoms with E-state index in [1.165, 1.54) is 6.33 Å². The van der Waals surface area contributed by atoms with Crippen LogP contribution in [0.3, 0.4) is 0 Å². The summed E-state index contributed by atoms with van der Waals surface area (Å²) in [5.41, 5.74) is 1.10. The molecule has 7 nitrogen and oxygen atoms in total. The van der Waals surface area contributed by atoms with Gasteiger partial charge in [-0.3, -0.25) is 4.57 Å². The van der Waals surface area contributed by atoms with Gasteiger partial charge in [0.25, 0.3) is 0 Å². The number of nitrogens with zero attached hydrogens (tertiary/aromatic N) is 4. The molecule has 0 saturated carbocycles. The largest absolute Gasteiger partial charge is 0.396 e. The van der Waals surface area contributed by atoms with E-state index in [1.54, 1.807) is 10.9 Å².